The first-order chi connectivity index (χ1) is 11.2. The summed E-state index contributed by atoms with van der Waals surface area (Å²) in [5.74, 6) is 0.0854. The fraction of sp³-hybridized carbons (Fsp3) is 0.950. The number of hydrogen-bond acceptors (Lipinski definition) is 1. The molecule has 0 aromatic rings. The molecule has 23 heavy (non-hydrogen) atoms. The van der Waals surface area contributed by atoms with Crippen LogP contribution in [-0.4, -0.2) is 11.4 Å². The first-order valence-electron chi connectivity index (χ1n) is 10.1. The third kappa shape index (κ3) is 19.7. The highest BCUT2D eigenvalue weighted by molar-refractivity contribution is 6.21. The molecule has 0 aliphatic carbocycles. The number of carbonyl (C=O) groups excluding carboxylic acids is 1. The smallest absolute Gasteiger partial charge is 0.221 e. The monoisotopic (exact) mass is 345 g/mol. The zero-order chi connectivity index (χ0) is 17.2. The van der Waals surface area contributed by atoms with Gasteiger partial charge in [-0.15, -0.1) is 0 Å². The van der Waals surface area contributed by atoms with E-state index < -0.39 is 0 Å². The molecule has 0 bridgehead atoms. The van der Waals surface area contributed by atoms with Crippen LogP contribution in [0.25, 0.3) is 0 Å². The molecule has 0 fully saturated rings. The molecule has 138 valence electrons. The molecule has 3 heteroatoms. The number of amides is 1. The first-order valence-corrected chi connectivity index (χ1v) is 10.5. The van der Waals surface area contributed by atoms with Crippen LogP contribution in [0.15, 0.2) is 0 Å². The van der Waals surface area contributed by atoms with E-state index >= 15 is 0 Å². The molecular weight excluding hydrogens is 306 g/mol. The number of carbonyl (C=O) groups is 1. The fourth-order valence-electron chi connectivity index (χ4n) is 2.95. The lowest BCUT2D eigenvalue weighted by Crippen LogP contribution is -2.28. The number of hydrogen-bond donors (Lipinski definition) is 1. The van der Waals surface area contributed by atoms with Gasteiger partial charge < -0.3 is 5.32 Å². The molecule has 1 N–H and O–H groups in total. The predicted molar refractivity (Wildman–Crippen MR) is 103 cm³/mol. The molecule has 0 saturated carbocycles. The lowest BCUT2D eigenvalue weighted by molar-refractivity contribution is -0.121. The Bertz CT molecular complexity index is 256. The van der Waals surface area contributed by atoms with Crippen molar-refractivity contribution in [2.24, 2.45) is 0 Å². The maximum absolute atomic E-state index is 11.4. The van der Waals surface area contributed by atoms with Gasteiger partial charge >= 0.3 is 0 Å². The van der Waals surface area contributed by atoms with Crippen LogP contribution in [0.4, 0.5) is 0 Å². The van der Waals surface area contributed by atoms with Gasteiger partial charge in [0.2, 0.25) is 5.91 Å². The molecule has 0 aromatic carbocycles. The molecule has 1 atom stereocenters. The van der Waals surface area contributed by atoms with Gasteiger partial charge in [-0.25, -0.2) is 0 Å². The largest absolute Gasteiger partial charge is 0.340 e. The van der Waals surface area contributed by atoms with Crippen molar-refractivity contribution in [3.8, 4) is 0 Å². The van der Waals surface area contributed by atoms with E-state index in [4.69, 9.17) is 11.6 Å². The van der Waals surface area contributed by atoms with Crippen molar-refractivity contribution in [1.29, 1.82) is 0 Å². The zero-order valence-corrected chi connectivity index (χ0v) is 16.4. The van der Waals surface area contributed by atoms with Gasteiger partial charge in [-0.3, -0.25) is 4.79 Å². The van der Waals surface area contributed by atoms with Crippen LogP contribution in [0.5, 0.6) is 0 Å². The molecule has 0 heterocycles. The second-order valence-corrected chi connectivity index (χ2v) is 7.54. The number of halogens is 1. The molecule has 0 spiro atoms. The van der Waals surface area contributed by atoms with Crippen LogP contribution in [0.2, 0.25) is 0 Å². The summed E-state index contributed by atoms with van der Waals surface area (Å²) in [4.78, 5) is 11.4. The van der Waals surface area contributed by atoms with Crippen molar-refractivity contribution >= 4 is 17.5 Å². The summed E-state index contributed by atoms with van der Waals surface area (Å²) in [7, 11) is 0. The molecule has 2 nitrogen and oxygen atoms in total. The lowest BCUT2D eigenvalue weighted by atomic mass is 10.0. The van der Waals surface area contributed by atoms with Gasteiger partial charge in [0.1, 0.15) is 5.50 Å². The minimum absolute atomic E-state index is 0.0854. The van der Waals surface area contributed by atoms with Crippen LogP contribution in [0, 0.1) is 0 Å². The van der Waals surface area contributed by atoms with Crippen molar-refractivity contribution in [2.45, 2.75) is 122 Å². The van der Waals surface area contributed by atoms with E-state index in [1.165, 1.54) is 89.9 Å². The minimum Gasteiger partial charge on any atom is -0.340 e. The summed E-state index contributed by atoms with van der Waals surface area (Å²) in [6, 6.07) is 0. The van der Waals surface area contributed by atoms with Crippen molar-refractivity contribution < 1.29 is 4.79 Å². The first kappa shape index (κ1) is 22.8. The van der Waals surface area contributed by atoms with Gasteiger partial charge in [0.15, 0.2) is 0 Å². The standard InChI is InChI=1S/C20H40ClNO/c1-3-4-5-6-7-8-9-10-11-12-13-14-15-16-17-18-20(23)22-19(2)21/h19H,3-18H2,1-2H3,(H,22,23). The van der Waals surface area contributed by atoms with E-state index in [2.05, 4.69) is 12.2 Å². The van der Waals surface area contributed by atoms with Gasteiger partial charge in [0.05, 0.1) is 0 Å². The molecule has 1 amide bonds. The van der Waals surface area contributed by atoms with Crippen LogP contribution < -0.4 is 5.32 Å². The maximum Gasteiger partial charge on any atom is 0.221 e. The molecule has 0 rings (SSSR count). The average Bonchev–Trinajstić information content (AvgIpc) is 2.50. The van der Waals surface area contributed by atoms with Gasteiger partial charge in [-0.2, -0.15) is 0 Å². The highest BCUT2D eigenvalue weighted by Gasteiger charge is 2.03. The van der Waals surface area contributed by atoms with Crippen LogP contribution in [0.1, 0.15) is 117 Å². The third-order valence-electron chi connectivity index (χ3n) is 4.37. The molecule has 0 aromatic heterocycles. The molecule has 1 unspecified atom stereocenters. The Hall–Kier alpha value is -0.240. The summed E-state index contributed by atoms with van der Waals surface area (Å²) in [6.07, 6.45) is 20.9. The van der Waals surface area contributed by atoms with E-state index in [0.29, 0.717) is 6.42 Å². The fourth-order valence-corrected chi connectivity index (χ4v) is 3.07. The number of nitrogens with one attached hydrogen (secondary N) is 1. The van der Waals surface area contributed by atoms with Gasteiger partial charge in [0, 0.05) is 6.42 Å². The highest BCUT2D eigenvalue weighted by atomic mass is 35.5. The Kier molecular flexibility index (Phi) is 17.9. The van der Waals surface area contributed by atoms with Crippen molar-refractivity contribution in [2.75, 3.05) is 0 Å². The van der Waals surface area contributed by atoms with E-state index in [-0.39, 0.29) is 11.4 Å². The lowest BCUT2D eigenvalue weighted by Gasteiger charge is -2.06. The Morgan fingerprint density at radius 1 is 0.739 bits per heavy atom. The molecule has 0 saturated heterocycles. The normalized spacial score (nSPS) is 12.3. The van der Waals surface area contributed by atoms with Crippen molar-refractivity contribution in [1.82, 2.24) is 5.32 Å². The second-order valence-electron chi connectivity index (χ2n) is 6.88. The van der Waals surface area contributed by atoms with Gasteiger partial charge in [0.25, 0.3) is 0 Å². The second kappa shape index (κ2) is 18.1. The van der Waals surface area contributed by atoms with E-state index in [9.17, 15) is 4.79 Å². The van der Waals surface area contributed by atoms with E-state index in [1.807, 2.05) is 0 Å². The number of unbranched alkanes of at least 4 members (excludes halogenated alkanes) is 14. The molecule has 0 radical (unpaired) electrons. The maximum atomic E-state index is 11.4. The Balaban J connectivity index is 3.06. The summed E-state index contributed by atoms with van der Waals surface area (Å²) < 4.78 is 0. The predicted octanol–water partition coefficient (Wildman–Crippen LogP) is 6.95. The molecule has 0 aliphatic heterocycles. The van der Waals surface area contributed by atoms with Crippen LogP contribution in [-0.2, 0) is 4.79 Å². The summed E-state index contributed by atoms with van der Waals surface area (Å²) >= 11 is 5.71. The van der Waals surface area contributed by atoms with Gasteiger partial charge in [-0.1, -0.05) is 108 Å². The van der Waals surface area contributed by atoms with Gasteiger partial charge in [-0.05, 0) is 13.3 Å². The molecule has 0 aliphatic rings. The van der Waals surface area contributed by atoms with Crippen LogP contribution in [0.3, 0.4) is 0 Å². The Morgan fingerprint density at radius 3 is 1.43 bits per heavy atom. The van der Waals surface area contributed by atoms with E-state index in [0.717, 1.165) is 6.42 Å². The third-order valence-corrected chi connectivity index (χ3v) is 4.48. The highest BCUT2D eigenvalue weighted by Crippen LogP contribution is 2.13. The minimum atomic E-state index is -0.251. The number of alkyl halides is 1. The zero-order valence-electron chi connectivity index (χ0n) is 15.7. The van der Waals surface area contributed by atoms with E-state index in [1.54, 1.807) is 6.92 Å². The van der Waals surface area contributed by atoms with Crippen molar-refractivity contribution in [3.63, 3.8) is 0 Å². The Labute approximate surface area is 150 Å². The van der Waals surface area contributed by atoms with Crippen LogP contribution >= 0.6 is 11.6 Å². The topological polar surface area (TPSA) is 29.1 Å². The average molecular weight is 346 g/mol. The van der Waals surface area contributed by atoms with Crippen molar-refractivity contribution in [3.05, 3.63) is 0 Å². The summed E-state index contributed by atoms with van der Waals surface area (Å²) in [6.45, 7) is 4.06. The number of rotatable bonds is 17. The summed E-state index contributed by atoms with van der Waals surface area (Å²) in [5.41, 5.74) is -0.251. The Morgan fingerprint density at radius 2 is 1.09 bits per heavy atom. The quantitative estimate of drug-likeness (QED) is 0.172. The SMILES string of the molecule is CCCCCCCCCCCCCCCCCC(=O)NC(C)Cl. The summed E-state index contributed by atoms with van der Waals surface area (Å²) in [5, 5.41) is 2.72. The molecular formula is C20H40ClNO.